The molecule has 0 aliphatic carbocycles. The van der Waals surface area contributed by atoms with E-state index in [4.69, 9.17) is 5.26 Å². The van der Waals surface area contributed by atoms with E-state index < -0.39 is 0 Å². The normalized spacial score (nSPS) is 9.86. The van der Waals surface area contributed by atoms with Gasteiger partial charge in [0.2, 0.25) is 5.91 Å². The van der Waals surface area contributed by atoms with Crippen LogP contribution in [0.15, 0.2) is 42.5 Å². The van der Waals surface area contributed by atoms with Crippen LogP contribution in [0.2, 0.25) is 0 Å². The standard InChI is InChI=1S/C18H19N3O/c1-13-3-4-14(2)17(11-13)20-12-18(22)21-16-7-5-15(6-8-16)9-10-19/h3-8,11,20H,9,12H2,1-2H3,(H,21,22). The third kappa shape index (κ3) is 4.35. The number of anilines is 2. The molecule has 0 fully saturated rings. The molecule has 2 aromatic carbocycles. The molecular weight excluding hydrogens is 274 g/mol. The number of hydrogen-bond donors (Lipinski definition) is 2. The zero-order chi connectivity index (χ0) is 15.9. The van der Waals surface area contributed by atoms with Crippen molar-refractivity contribution in [1.82, 2.24) is 0 Å². The van der Waals surface area contributed by atoms with Crippen molar-refractivity contribution < 1.29 is 4.79 Å². The number of aryl methyl sites for hydroxylation is 2. The molecule has 0 unspecified atom stereocenters. The topological polar surface area (TPSA) is 64.9 Å². The Balaban J connectivity index is 1.90. The summed E-state index contributed by atoms with van der Waals surface area (Å²) in [6.07, 6.45) is 0.377. The molecule has 0 saturated carbocycles. The Kier molecular flexibility index (Phi) is 5.16. The molecular formula is C18H19N3O. The number of rotatable bonds is 5. The van der Waals surface area contributed by atoms with Gasteiger partial charge in [0.15, 0.2) is 0 Å². The Morgan fingerprint density at radius 1 is 1.14 bits per heavy atom. The summed E-state index contributed by atoms with van der Waals surface area (Å²) in [4.78, 5) is 12.0. The molecule has 4 nitrogen and oxygen atoms in total. The van der Waals surface area contributed by atoms with Gasteiger partial charge in [0.1, 0.15) is 0 Å². The van der Waals surface area contributed by atoms with E-state index in [1.54, 1.807) is 0 Å². The predicted octanol–water partition coefficient (Wildman–Crippen LogP) is 3.42. The molecule has 0 bridgehead atoms. The lowest BCUT2D eigenvalue weighted by molar-refractivity contribution is -0.114. The molecule has 2 N–H and O–H groups in total. The molecule has 2 aromatic rings. The second-order valence-corrected chi connectivity index (χ2v) is 5.25. The van der Waals surface area contributed by atoms with Crippen molar-refractivity contribution in [3.05, 3.63) is 59.2 Å². The monoisotopic (exact) mass is 293 g/mol. The van der Waals surface area contributed by atoms with Crippen molar-refractivity contribution in [3.63, 3.8) is 0 Å². The highest BCUT2D eigenvalue weighted by molar-refractivity contribution is 5.93. The second-order valence-electron chi connectivity index (χ2n) is 5.25. The van der Waals surface area contributed by atoms with E-state index in [0.29, 0.717) is 6.42 Å². The maximum Gasteiger partial charge on any atom is 0.243 e. The number of nitrogens with one attached hydrogen (secondary N) is 2. The molecule has 0 aliphatic heterocycles. The van der Waals surface area contributed by atoms with Crippen LogP contribution in [-0.2, 0) is 11.2 Å². The minimum atomic E-state index is -0.103. The van der Waals surface area contributed by atoms with Crippen molar-refractivity contribution in [3.8, 4) is 6.07 Å². The average molecular weight is 293 g/mol. The van der Waals surface area contributed by atoms with E-state index >= 15 is 0 Å². The van der Waals surface area contributed by atoms with E-state index in [1.165, 1.54) is 0 Å². The largest absolute Gasteiger partial charge is 0.376 e. The molecule has 22 heavy (non-hydrogen) atoms. The van der Waals surface area contributed by atoms with Gasteiger partial charge < -0.3 is 10.6 Å². The van der Waals surface area contributed by atoms with Crippen LogP contribution in [0.4, 0.5) is 11.4 Å². The van der Waals surface area contributed by atoms with Gasteiger partial charge in [-0.25, -0.2) is 0 Å². The highest BCUT2D eigenvalue weighted by atomic mass is 16.1. The van der Waals surface area contributed by atoms with Crippen LogP contribution in [0.25, 0.3) is 0 Å². The highest BCUT2D eigenvalue weighted by Crippen LogP contribution is 2.16. The van der Waals surface area contributed by atoms with Crippen molar-refractivity contribution >= 4 is 17.3 Å². The van der Waals surface area contributed by atoms with E-state index in [9.17, 15) is 4.79 Å². The fraction of sp³-hybridized carbons (Fsp3) is 0.222. The Labute approximate surface area is 130 Å². The molecule has 2 rings (SSSR count). The lowest BCUT2D eigenvalue weighted by atomic mass is 10.1. The van der Waals surface area contributed by atoms with Crippen LogP contribution in [0.5, 0.6) is 0 Å². The summed E-state index contributed by atoms with van der Waals surface area (Å²) in [5, 5.41) is 14.6. The average Bonchev–Trinajstić information content (AvgIpc) is 2.50. The van der Waals surface area contributed by atoms with Gasteiger partial charge in [-0.05, 0) is 48.7 Å². The molecule has 0 radical (unpaired) electrons. The number of hydrogen-bond acceptors (Lipinski definition) is 3. The van der Waals surface area contributed by atoms with Crippen molar-refractivity contribution in [2.75, 3.05) is 17.2 Å². The quantitative estimate of drug-likeness (QED) is 0.887. The number of nitriles is 1. The molecule has 0 spiro atoms. The zero-order valence-electron chi connectivity index (χ0n) is 12.8. The third-order valence-electron chi connectivity index (χ3n) is 3.35. The van der Waals surface area contributed by atoms with Crippen molar-refractivity contribution in [2.24, 2.45) is 0 Å². The van der Waals surface area contributed by atoms with Gasteiger partial charge in [-0.2, -0.15) is 5.26 Å². The van der Waals surface area contributed by atoms with Gasteiger partial charge in [0.05, 0.1) is 19.0 Å². The fourth-order valence-corrected chi connectivity index (χ4v) is 2.10. The number of nitrogens with zero attached hydrogens (tertiary/aromatic N) is 1. The van der Waals surface area contributed by atoms with Crippen LogP contribution in [0, 0.1) is 25.2 Å². The first-order valence-corrected chi connectivity index (χ1v) is 7.15. The molecule has 0 aliphatic rings. The molecule has 112 valence electrons. The smallest absolute Gasteiger partial charge is 0.243 e. The maximum atomic E-state index is 12.0. The zero-order valence-corrected chi connectivity index (χ0v) is 12.8. The van der Waals surface area contributed by atoms with Gasteiger partial charge in [0, 0.05) is 11.4 Å². The molecule has 0 saturated heterocycles. The SMILES string of the molecule is Cc1ccc(C)c(NCC(=O)Nc2ccc(CC#N)cc2)c1. The molecule has 1 amide bonds. The van der Waals surface area contributed by atoms with Crippen LogP contribution in [0.1, 0.15) is 16.7 Å². The van der Waals surface area contributed by atoms with Crippen LogP contribution >= 0.6 is 0 Å². The molecule has 0 aromatic heterocycles. The molecule has 0 atom stereocenters. The Hall–Kier alpha value is -2.80. The minimum Gasteiger partial charge on any atom is -0.376 e. The summed E-state index contributed by atoms with van der Waals surface area (Å²) in [7, 11) is 0. The maximum absolute atomic E-state index is 12.0. The van der Waals surface area contributed by atoms with Crippen LogP contribution in [0.3, 0.4) is 0 Å². The number of amides is 1. The fourth-order valence-electron chi connectivity index (χ4n) is 2.10. The lowest BCUT2D eigenvalue weighted by Gasteiger charge is -2.11. The lowest BCUT2D eigenvalue weighted by Crippen LogP contribution is -2.22. The summed E-state index contributed by atoms with van der Waals surface area (Å²) < 4.78 is 0. The van der Waals surface area contributed by atoms with E-state index in [1.807, 2.05) is 56.3 Å². The van der Waals surface area contributed by atoms with Gasteiger partial charge in [-0.1, -0.05) is 24.3 Å². The first kappa shape index (κ1) is 15.6. The van der Waals surface area contributed by atoms with Crippen molar-refractivity contribution in [1.29, 1.82) is 5.26 Å². The Morgan fingerprint density at radius 3 is 2.55 bits per heavy atom. The second kappa shape index (κ2) is 7.28. The predicted molar refractivity (Wildman–Crippen MR) is 88.8 cm³/mol. The van der Waals surface area contributed by atoms with E-state index in [2.05, 4.69) is 16.7 Å². The van der Waals surface area contributed by atoms with E-state index in [0.717, 1.165) is 28.1 Å². The first-order valence-electron chi connectivity index (χ1n) is 7.15. The Bertz CT molecular complexity index is 699. The van der Waals surface area contributed by atoms with Gasteiger partial charge in [-0.3, -0.25) is 4.79 Å². The van der Waals surface area contributed by atoms with Crippen LogP contribution in [-0.4, -0.2) is 12.5 Å². The molecule has 0 heterocycles. The van der Waals surface area contributed by atoms with Gasteiger partial charge >= 0.3 is 0 Å². The summed E-state index contributed by atoms with van der Waals surface area (Å²) in [5.41, 5.74) is 4.91. The minimum absolute atomic E-state index is 0.103. The highest BCUT2D eigenvalue weighted by Gasteiger charge is 2.04. The molecule has 4 heteroatoms. The summed E-state index contributed by atoms with van der Waals surface area (Å²) in [5.74, 6) is -0.103. The number of benzene rings is 2. The summed E-state index contributed by atoms with van der Waals surface area (Å²) >= 11 is 0. The van der Waals surface area contributed by atoms with Gasteiger partial charge in [0.25, 0.3) is 0 Å². The van der Waals surface area contributed by atoms with Gasteiger partial charge in [-0.15, -0.1) is 0 Å². The number of carbonyl (C=O) groups is 1. The summed E-state index contributed by atoms with van der Waals surface area (Å²) in [6.45, 7) is 4.24. The number of carbonyl (C=O) groups excluding carboxylic acids is 1. The van der Waals surface area contributed by atoms with Crippen LogP contribution < -0.4 is 10.6 Å². The summed E-state index contributed by atoms with van der Waals surface area (Å²) in [6, 6.07) is 15.5. The first-order chi connectivity index (χ1) is 10.6. The van der Waals surface area contributed by atoms with Crippen molar-refractivity contribution in [2.45, 2.75) is 20.3 Å². The third-order valence-corrected chi connectivity index (χ3v) is 3.35. The Morgan fingerprint density at radius 2 is 1.86 bits per heavy atom. The van der Waals surface area contributed by atoms with E-state index in [-0.39, 0.29) is 12.5 Å².